The van der Waals surface area contributed by atoms with Gasteiger partial charge in [0.1, 0.15) is 6.04 Å². The van der Waals surface area contributed by atoms with Gasteiger partial charge in [-0.1, -0.05) is 20.3 Å². The molecule has 0 spiro atoms. The largest absolute Gasteiger partial charge is 0.467 e. The number of hydrogen-bond donors (Lipinski definition) is 1. The molecule has 1 N–H and O–H groups in total. The monoisotopic (exact) mass is 284 g/mol. The van der Waals surface area contributed by atoms with Crippen molar-refractivity contribution in [2.75, 3.05) is 20.2 Å². The second kappa shape index (κ2) is 8.25. The molecule has 2 atom stereocenters. The van der Waals surface area contributed by atoms with Crippen LogP contribution in [0.25, 0.3) is 0 Å². The zero-order valence-electron chi connectivity index (χ0n) is 13.1. The van der Waals surface area contributed by atoms with E-state index >= 15 is 0 Å². The van der Waals surface area contributed by atoms with Crippen molar-refractivity contribution in [1.82, 2.24) is 10.2 Å². The lowest BCUT2D eigenvalue weighted by Gasteiger charge is -2.33. The Balaban J connectivity index is 2.50. The average molecular weight is 284 g/mol. The number of rotatable bonds is 6. The van der Waals surface area contributed by atoms with E-state index < -0.39 is 6.04 Å². The molecule has 5 nitrogen and oxygen atoms in total. The van der Waals surface area contributed by atoms with Gasteiger partial charge in [0.25, 0.3) is 0 Å². The maximum absolute atomic E-state index is 12.1. The van der Waals surface area contributed by atoms with Crippen molar-refractivity contribution in [3.63, 3.8) is 0 Å². The predicted octanol–water partition coefficient (Wildman–Crippen LogP) is 1.56. The number of amides is 1. The fourth-order valence-electron chi connectivity index (χ4n) is 2.64. The molecule has 0 aliphatic carbocycles. The van der Waals surface area contributed by atoms with Gasteiger partial charge in [0.05, 0.1) is 13.7 Å². The molecule has 20 heavy (non-hydrogen) atoms. The molecule has 2 unspecified atom stereocenters. The first kappa shape index (κ1) is 17.0. The van der Waals surface area contributed by atoms with Gasteiger partial charge in [0, 0.05) is 6.04 Å². The Labute approximate surface area is 122 Å². The smallest absolute Gasteiger partial charge is 0.328 e. The van der Waals surface area contributed by atoms with E-state index in [0.29, 0.717) is 24.9 Å². The molecular weight excluding hydrogens is 256 g/mol. The highest BCUT2D eigenvalue weighted by molar-refractivity contribution is 5.85. The van der Waals surface area contributed by atoms with Gasteiger partial charge in [-0.05, 0) is 38.6 Å². The van der Waals surface area contributed by atoms with Crippen LogP contribution in [-0.4, -0.2) is 49.1 Å². The Bertz CT molecular complexity index is 331. The van der Waals surface area contributed by atoms with E-state index in [1.54, 1.807) is 0 Å². The van der Waals surface area contributed by atoms with E-state index in [4.69, 9.17) is 4.74 Å². The van der Waals surface area contributed by atoms with Crippen LogP contribution in [0.2, 0.25) is 0 Å². The molecule has 5 heteroatoms. The molecule has 1 aliphatic rings. The van der Waals surface area contributed by atoms with Gasteiger partial charge in [-0.15, -0.1) is 0 Å². The first-order valence-electron chi connectivity index (χ1n) is 7.55. The van der Waals surface area contributed by atoms with E-state index in [1.165, 1.54) is 13.5 Å². The van der Waals surface area contributed by atoms with Crippen LogP contribution < -0.4 is 5.32 Å². The molecule has 1 fully saturated rings. The third-order valence-electron chi connectivity index (χ3n) is 3.82. The second-order valence-electron chi connectivity index (χ2n) is 6.09. The molecule has 0 aromatic rings. The number of methoxy groups -OCH3 is 1. The SMILES string of the molecule is COC(=O)C(CC(C)C)NC(=O)CN1CCCCC1C. The summed E-state index contributed by atoms with van der Waals surface area (Å²) >= 11 is 0. The lowest BCUT2D eigenvalue weighted by molar-refractivity contribution is -0.145. The van der Waals surface area contributed by atoms with Crippen molar-refractivity contribution < 1.29 is 14.3 Å². The molecular formula is C15H28N2O3. The van der Waals surface area contributed by atoms with E-state index in [-0.39, 0.29) is 11.9 Å². The first-order chi connectivity index (χ1) is 9.43. The predicted molar refractivity (Wildman–Crippen MR) is 78.3 cm³/mol. The third-order valence-corrected chi connectivity index (χ3v) is 3.82. The zero-order valence-corrected chi connectivity index (χ0v) is 13.1. The quantitative estimate of drug-likeness (QED) is 0.752. The van der Waals surface area contributed by atoms with Gasteiger partial charge in [-0.3, -0.25) is 9.69 Å². The maximum Gasteiger partial charge on any atom is 0.328 e. The summed E-state index contributed by atoms with van der Waals surface area (Å²) in [5.74, 6) is -0.123. The number of carbonyl (C=O) groups is 2. The normalized spacial score (nSPS) is 21.6. The molecule has 1 amide bonds. The Morgan fingerprint density at radius 3 is 2.60 bits per heavy atom. The van der Waals surface area contributed by atoms with Gasteiger partial charge in [0.2, 0.25) is 5.91 Å². The van der Waals surface area contributed by atoms with Crippen molar-refractivity contribution in [1.29, 1.82) is 0 Å². The summed E-state index contributed by atoms with van der Waals surface area (Å²) in [6.07, 6.45) is 4.12. The van der Waals surface area contributed by atoms with Crippen LogP contribution in [0, 0.1) is 5.92 Å². The van der Waals surface area contributed by atoms with Crippen molar-refractivity contribution in [2.45, 2.75) is 58.5 Å². The van der Waals surface area contributed by atoms with Crippen molar-refractivity contribution in [2.24, 2.45) is 5.92 Å². The molecule has 1 aliphatic heterocycles. The van der Waals surface area contributed by atoms with Crippen molar-refractivity contribution in [3.8, 4) is 0 Å². The molecule has 1 heterocycles. The van der Waals surface area contributed by atoms with Crippen molar-refractivity contribution in [3.05, 3.63) is 0 Å². The highest BCUT2D eigenvalue weighted by atomic mass is 16.5. The van der Waals surface area contributed by atoms with Crippen LogP contribution in [0.4, 0.5) is 0 Å². The van der Waals surface area contributed by atoms with E-state index in [2.05, 4.69) is 17.1 Å². The summed E-state index contributed by atoms with van der Waals surface area (Å²) in [6.45, 7) is 7.52. The average Bonchev–Trinajstić information content (AvgIpc) is 2.39. The maximum atomic E-state index is 12.1. The first-order valence-corrected chi connectivity index (χ1v) is 7.55. The summed E-state index contributed by atoms with van der Waals surface area (Å²) < 4.78 is 4.76. The van der Waals surface area contributed by atoms with Gasteiger partial charge >= 0.3 is 5.97 Å². The summed E-state index contributed by atoms with van der Waals surface area (Å²) in [5.41, 5.74) is 0. The van der Waals surface area contributed by atoms with Gasteiger partial charge < -0.3 is 10.1 Å². The van der Waals surface area contributed by atoms with Crippen molar-refractivity contribution >= 4 is 11.9 Å². The summed E-state index contributed by atoms with van der Waals surface area (Å²) in [5, 5.41) is 2.81. The summed E-state index contributed by atoms with van der Waals surface area (Å²) in [4.78, 5) is 26.0. The number of nitrogens with one attached hydrogen (secondary N) is 1. The van der Waals surface area contributed by atoms with Gasteiger partial charge in [0.15, 0.2) is 0 Å². The molecule has 0 saturated carbocycles. The number of nitrogens with zero attached hydrogens (tertiary/aromatic N) is 1. The fraction of sp³-hybridized carbons (Fsp3) is 0.867. The molecule has 0 radical (unpaired) electrons. The number of ether oxygens (including phenoxy) is 1. The highest BCUT2D eigenvalue weighted by Crippen LogP contribution is 2.15. The van der Waals surface area contributed by atoms with Crippen LogP contribution in [0.5, 0.6) is 0 Å². The minimum absolute atomic E-state index is 0.0881. The number of piperidine rings is 1. The topological polar surface area (TPSA) is 58.6 Å². The summed E-state index contributed by atoms with van der Waals surface area (Å²) in [7, 11) is 1.36. The number of esters is 1. The van der Waals surface area contributed by atoms with Crippen LogP contribution in [-0.2, 0) is 14.3 Å². The van der Waals surface area contributed by atoms with Crippen LogP contribution in [0.15, 0.2) is 0 Å². The molecule has 1 rings (SSSR count). The standard InChI is InChI=1S/C15H28N2O3/c1-11(2)9-13(15(19)20-4)16-14(18)10-17-8-6-5-7-12(17)3/h11-13H,5-10H2,1-4H3,(H,16,18). The third kappa shape index (κ3) is 5.49. The Kier molecular flexibility index (Phi) is 6.99. The Hall–Kier alpha value is -1.10. The molecule has 1 saturated heterocycles. The van der Waals surface area contributed by atoms with Crippen LogP contribution in [0.3, 0.4) is 0 Å². The van der Waals surface area contributed by atoms with E-state index in [9.17, 15) is 9.59 Å². The molecule has 0 aromatic heterocycles. The lowest BCUT2D eigenvalue weighted by Crippen LogP contribution is -2.49. The summed E-state index contributed by atoms with van der Waals surface area (Å²) in [6, 6.07) is -0.0937. The Morgan fingerprint density at radius 2 is 2.05 bits per heavy atom. The van der Waals surface area contributed by atoms with Gasteiger partial charge in [-0.25, -0.2) is 4.79 Å². The number of likely N-dealkylation sites (tertiary alicyclic amines) is 1. The number of carbonyl (C=O) groups excluding carboxylic acids is 2. The minimum Gasteiger partial charge on any atom is -0.467 e. The minimum atomic E-state index is -0.535. The van der Waals surface area contributed by atoms with Crippen LogP contribution in [0.1, 0.15) is 46.5 Å². The number of hydrogen-bond acceptors (Lipinski definition) is 4. The Morgan fingerprint density at radius 1 is 1.35 bits per heavy atom. The van der Waals surface area contributed by atoms with E-state index in [0.717, 1.165) is 19.4 Å². The fourth-order valence-corrected chi connectivity index (χ4v) is 2.64. The lowest BCUT2D eigenvalue weighted by atomic mass is 10.0. The molecule has 116 valence electrons. The van der Waals surface area contributed by atoms with Gasteiger partial charge in [-0.2, -0.15) is 0 Å². The molecule has 0 bridgehead atoms. The van der Waals surface area contributed by atoms with E-state index in [1.807, 2.05) is 13.8 Å². The zero-order chi connectivity index (χ0) is 15.1. The highest BCUT2D eigenvalue weighted by Gasteiger charge is 2.25. The molecule has 0 aromatic carbocycles. The van der Waals surface area contributed by atoms with Crippen LogP contribution >= 0.6 is 0 Å². The second-order valence-corrected chi connectivity index (χ2v) is 6.09.